The first kappa shape index (κ1) is 39.4. The lowest BCUT2D eigenvalue weighted by molar-refractivity contribution is -0.165. The molecule has 13 nitrogen and oxygen atoms in total. The second kappa shape index (κ2) is 19.2. The molecule has 48 heavy (non-hydrogen) atoms. The summed E-state index contributed by atoms with van der Waals surface area (Å²) in [6.45, 7) is 4.48. The summed E-state index contributed by atoms with van der Waals surface area (Å²) >= 11 is 1.88. The van der Waals surface area contributed by atoms with Crippen molar-refractivity contribution < 1.29 is 30.0 Å². The van der Waals surface area contributed by atoms with Crippen LogP contribution >= 0.6 is 24.2 Å². The second-order valence-corrected chi connectivity index (χ2v) is 11.8. The zero-order valence-electron chi connectivity index (χ0n) is 26.6. The Labute approximate surface area is 289 Å². The van der Waals surface area contributed by atoms with E-state index in [1.807, 2.05) is 42.1 Å². The number of carboxylic acids is 2. The van der Waals surface area contributed by atoms with E-state index in [1.165, 1.54) is 21.2 Å². The number of hydrogen-bond acceptors (Lipinski definition) is 12. The van der Waals surface area contributed by atoms with E-state index in [4.69, 9.17) is 31.9 Å². The molecule has 0 aliphatic carbocycles. The lowest BCUT2D eigenvalue weighted by atomic mass is 10.1. The normalized spacial score (nSPS) is 13.3. The van der Waals surface area contributed by atoms with Crippen molar-refractivity contribution in [1.29, 1.82) is 0 Å². The number of nitrogens with two attached hydrogens (primary N) is 2. The molecule has 0 saturated heterocycles. The van der Waals surface area contributed by atoms with Gasteiger partial charge in [-0.05, 0) is 68.5 Å². The number of aliphatic hydroxyl groups is 2. The SMILES string of the molecule is CC(CN(C)C)CN1c2ccccc2Sc2ccccc21.Cl.Nc1ccc(N=Nc2ccccc2)c(N)n1.O=C(O)C(O)C(O)C(=O)O. The number of hydrogen-bond donors (Lipinski definition) is 6. The number of anilines is 4. The Morgan fingerprint density at radius 1 is 0.812 bits per heavy atom. The van der Waals surface area contributed by atoms with Gasteiger partial charge < -0.3 is 41.7 Å². The van der Waals surface area contributed by atoms with Gasteiger partial charge in [-0.3, -0.25) is 0 Å². The van der Waals surface area contributed by atoms with Gasteiger partial charge in [0.1, 0.15) is 11.5 Å². The van der Waals surface area contributed by atoms with Crippen LogP contribution in [0.5, 0.6) is 0 Å². The largest absolute Gasteiger partial charge is 0.479 e. The Bertz CT molecular complexity index is 1600. The highest BCUT2D eigenvalue weighted by Crippen LogP contribution is 2.48. The molecule has 0 spiro atoms. The van der Waals surface area contributed by atoms with Crippen molar-refractivity contribution in [3.05, 3.63) is 91.0 Å². The van der Waals surface area contributed by atoms with Gasteiger partial charge in [-0.25, -0.2) is 14.6 Å². The molecule has 0 amide bonds. The molecule has 1 aliphatic rings. The van der Waals surface area contributed by atoms with Crippen molar-refractivity contribution in [2.24, 2.45) is 16.1 Å². The third kappa shape index (κ3) is 11.8. The average Bonchev–Trinajstić information content (AvgIpc) is 3.04. The molecule has 256 valence electrons. The van der Waals surface area contributed by atoms with Crippen molar-refractivity contribution in [2.75, 3.05) is 43.6 Å². The first-order valence-corrected chi connectivity index (χ1v) is 15.3. The Morgan fingerprint density at radius 2 is 1.31 bits per heavy atom. The lowest BCUT2D eigenvalue weighted by Gasteiger charge is -2.35. The van der Waals surface area contributed by atoms with Crippen LogP contribution in [-0.2, 0) is 9.59 Å². The van der Waals surface area contributed by atoms with Gasteiger partial charge in [-0.2, -0.15) is 5.11 Å². The van der Waals surface area contributed by atoms with E-state index >= 15 is 0 Å². The molecule has 3 atom stereocenters. The highest BCUT2D eigenvalue weighted by molar-refractivity contribution is 7.99. The molecule has 3 unspecified atom stereocenters. The highest BCUT2D eigenvalue weighted by atomic mass is 35.5. The molecule has 0 radical (unpaired) electrons. The Morgan fingerprint density at radius 3 is 1.79 bits per heavy atom. The Kier molecular flexibility index (Phi) is 15.8. The number of halogens is 1. The zero-order valence-corrected chi connectivity index (χ0v) is 28.3. The molecule has 15 heteroatoms. The molecule has 0 saturated carbocycles. The topological polar surface area (TPSA) is 211 Å². The summed E-state index contributed by atoms with van der Waals surface area (Å²) < 4.78 is 0. The van der Waals surface area contributed by atoms with E-state index in [-0.39, 0.29) is 18.2 Å². The van der Waals surface area contributed by atoms with Gasteiger partial charge >= 0.3 is 11.9 Å². The molecule has 1 aliphatic heterocycles. The minimum absolute atomic E-state index is 0. The second-order valence-electron chi connectivity index (χ2n) is 10.8. The van der Waals surface area contributed by atoms with Crippen LogP contribution in [0, 0.1) is 5.92 Å². The monoisotopic (exact) mass is 697 g/mol. The smallest absolute Gasteiger partial charge is 0.335 e. The summed E-state index contributed by atoms with van der Waals surface area (Å²) in [5.41, 5.74) is 15.1. The Balaban J connectivity index is 0.000000265. The minimum atomic E-state index is -2.27. The number of azo groups is 1. The average molecular weight is 698 g/mol. The van der Waals surface area contributed by atoms with Gasteiger partial charge in [-0.15, -0.1) is 17.5 Å². The number of carbonyl (C=O) groups is 2. The number of benzene rings is 3. The number of aliphatic carboxylic acids is 2. The number of pyridine rings is 1. The van der Waals surface area contributed by atoms with Crippen LogP contribution in [0.2, 0.25) is 0 Å². The van der Waals surface area contributed by atoms with Crippen LogP contribution in [-0.4, -0.2) is 81.6 Å². The molecule has 3 aromatic carbocycles. The van der Waals surface area contributed by atoms with E-state index < -0.39 is 24.1 Å². The van der Waals surface area contributed by atoms with Crippen molar-refractivity contribution in [1.82, 2.24) is 9.88 Å². The minimum Gasteiger partial charge on any atom is -0.479 e. The van der Waals surface area contributed by atoms with Crippen LogP contribution in [0.15, 0.2) is 111 Å². The maximum atomic E-state index is 9.77. The van der Waals surface area contributed by atoms with Gasteiger partial charge in [0, 0.05) is 22.9 Å². The van der Waals surface area contributed by atoms with E-state index in [0.29, 0.717) is 17.4 Å². The van der Waals surface area contributed by atoms with Crippen molar-refractivity contribution in [3.63, 3.8) is 0 Å². The third-order valence-corrected chi connectivity index (χ3v) is 7.59. The molecule has 0 bridgehead atoms. The number of aromatic nitrogens is 1. The van der Waals surface area contributed by atoms with Gasteiger partial charge in [0.25, 0.3) is 0 Å². The number of para-hydroxylation sites is 2. The summed E-state index contributed by atoms with van der Waals surface area (Å²) in [5.74, 6) is -2.27. The quantitative estimate of drug-likeness (QED) is 0.121. The number of nitrogens with zero attached hydrogens (tertiary/aromatic N) is 5. The van der Waals surface area contributed by atoms with Crippen molar-refractivity contribution in [2.45, 2.75) is 28.9 Å². The highest BCUT2D eigenvalue weighted by Gasteiger charge is 2.29. The summed E-state index contributed by atoms with van der Waals surface area (Å²) in [5, 5.41) is 40.6. The van der Waals surface area contributed by atoms with E-state index in [0.717, 1.165) is 18.8 Å². The molecule has 1 aromatic heterocycles. The fourth-order valence-electron chi connectivity index (χ4n) is 4.41. The maximum Gasteiger partial charge on any atom is 0.335 e. The summed E-state index contributed by atoms with van der Waals surface area (Å²) in [4.78, 5) is 30.9. The standard InChI is InChI=1S/C18H22N2S.C11H11N5.C4H6O6.ClH/c1-14(12-19(2)3)13-20-15-8-4-6-10-17(15)21-18-11-7-5-9-16(18)20;12-10-7-6-9(11(13)14-10)16-15-8-4-2-1-3-5-8;5-1(3(7)8)2(6)4(9)10;/h4-11,14H,12-13H2,1-3H3;1-7H,(H4,12,13,14);1-2,5-6H,(H,7,8)(H,9,10);1H. The number of aliphatic hydroxyl groups excluding tert-OH is 2. The van der Waals surface area contributed by atoms with Gasteiger partial charge in [-0.1, -0.05) is 61.2 Å². The number of fused-ring (bicyclic) bond motifs is 2. The summed E-state index contributed by atoms with van der Waals surface area (Å²) in [6, 6.07) is 30.2. The fraction of sp³-hybridized carbons (Fsp3) is 0.242. The molecule has 0 fully saturated rings. The van der Waals surface area contributed by atoms with Crippen LogP contribution in [0.4, 0.5) is 34.4 Å². The van der Waals surface area contributed by atoms with E-state index in [1.54, 1.807) is 12.1 Å². The molecule has 4 aromatic rings. The molecular weight excluding hydrogens is 658 g/mol. The molecule has 8 N–H and O–H groups in total. The number of nitrogen functional groups attached to an aromatic ring is 2. The predicted molar refractivity (Wildman–Crippen MR) is 190 cm³/mol. The van der Waals surface area contributed by atoms with Crippen LogP contribution in [0.25, 0.3) is 0 Å². The predicted octanol–water partition coefficient (Wildman–Crippen LogP) is 5.45. The van der Waals surface area contributed by atoms with Crippen molar-refractivity contribution in [3.8, 4) is 0 Å². The van der Waals surface area contributed by atoms with E-state index in [9.17, 15) is 9.59 Å². The van der Waals surface area contributed by atoms with Gasteiger partial charge in [0.2, 0.25) is 0 Å². The van der Waals surface area contributed by atoms with Crippen molar-refractivity contribution >= 4 is 70.5 Å². The number of rotatable bonds is 9. The van der Waals surface area contributed by atoms with Crippen LogP contribution in [0.1, 0.15) is 6.92 Å². The lowest BCUT2D eigenvalue weighted by Crippen LogP contribution is -2.39. The first-order chi connectivity index (χ1) is 22.4. The third-order valence-electron chi connectivity index (χ3n) is 6.46. The molecular formula is C33H40ClN7O6S. The van der Waals surface area contributed by atoms with Crippen LogP contribution in [0.3, 0.4) is 0 Å². The maximum absolute atomic E-state index is 9.77. The first-order valence-electron chi connectivity index (χ1n) is 14.5. The summed E-state index contributed by atoms with van der Waals surface area (Å²) in [7, 11) is 4.29. The fourth-order valence-corrected chi connectivity index (χ4v) is 5.51. The molecule has 5 rings (SSSR count). The summed E-state index contributed by atoms with van der Waals surface area (Å²) in [6.07, 6.45) is -4.53. The Hall–Kier alpha value is -4.73. The zero-order chi connectivity index (χ0) is 34.5. The van der Waals surface area contributed by atoms with Gasteiger partial charge in [0.05, 0.1) is 17.1 Å². The molecule has 2 heterocycles. The van der Waals surface area contributed by atoms with Crippen LogP contribution < -0.4 is 16.4 Å². The van der Waals surface area contributed by atoms with E-state index in [2.05, 4.69) is 94.6 Å². The van der Waals surface area contributed by atoms with Gasteiger partial charge in [0.15, 0.2) is 18.0 Å². The number of carboxylic acid groups (broad SMARTS) is 2.